The van der Waals surface area contributed by atoms with E-state index in [1.165, 1.54) is 5.56 Å². The van der Waals surface area contributed by atoms with E-state index in [4.69, 9.17) is 0 Å². The third-order valence-corrected chi connectivity index (χ3v) is 4.32. The number of amides is 2. The van der Waals surface area contributed by atoms with E-state index in [0.29, 0.717) is 18.8 Å². The fourth-order valence-corrected chi connectivity index (χ4v) is 3.10. The monoisotopic (exact) mass is 360 g/mol. The van der Waals surface area contributed by atoms with E-state index in [-0.39, 0.29) is 50.4 Å². The Bertz CT molecular complexity index is 510. The second-order valence-corrected chi connectivity index (χ2v) is 5.62. The Morgan fingerprint density at radius 3 is 2.19 bits per heavy atom. The Hall–Kier alpha value is -0.576. The van der Waals surface area contributed by atoms with Crippen molar-refractivity contribution in [1.29, 1.82) is 0 Å². The van der Waals surface area contributed by atoms with Gasteiger partial charge in [0, 0.05) is 39.1 Å². The second-order valence-electron chi connectivity index (χ2n) is 5.62. The largest absolute Gasteiger partial charge is 0.662 e. The molecule has 0 spiro atoms. The van der Waals surface area contributed by atoms with Crippen LogP contribution in [0.3, 0.4) is 0 Å². The molecule has 1 aromatic carbocycles. The standard InChI is InChI=1S/C16H19N2O2.Y/c19-15-6-5-14(16(20)18-15)13-3-1-11(2-4-13)12-7-9-17-10-8-12;/h1-4,12,14H,5-10H2,(H,18,19,20);/q-1;. The van der Waals surface area contributed by atoms with Crippen LogP contribution in [-0.2, 0) is 42.3 Å². The number of carbonyl (C=O) groups is 2. The van der Waals surface area contributed by atoms with Crippen molar-refractivity contribution in [2.45, 2.75) is 37.5 Å². The van der Waals surface area contributed by atoms with Crippen molar-refractivity contribution in [2.24, 2.45) is 0 Å². The fraction of sp³-hybridized carbons (Fsp3) is 0.500. The van der Waals surface area contributed by atoms with Gasteiger partial charge in [-0.25, -0.2) is 0 Å². The van der Waals surface area contributed by atoms with Crippen LogP contribution in [0.25, 0.3) is 5.32 Å². The van der Waals surface area contributed by atoms with Gasteiger partial charge in [0.15, 0.2) is 0 Å². The average Bonchev–Trinajstić information content (AvgIpc) is 2.48. The van der Waals surface area contributed by atoms with Crippen LogP contribution in [0.15, 0.2) is 24.3 Å². The van der Waals surface area contributed by atoms with E-state index < -0.39 is 0 Å². The van der Waals surface area contributed by atoms with Gasteiger partial charge in [-0.05, 0) is 23.5 Å². The summed E-state index contributed by atoms with van der Waals surface area (Å²) in [5.41, 5.74) is 2.36. The molecular weight excluding hydrogens is 341 g/mol. The van der Waals surface area contributed by atoms with Crippen molar-refractivity contribution in [3.63, 3.8) is 0 Å². The molecule has 4 nitrogen and oxygen atoms in total. The number of imide groups is 1. The molecule has 1 unspecified atom stereocenters. The van der Waals surface area contributed by atoms with Gasteiger partial charge >= 0.3 is 0 Å². The molecule has 21 heavy (non-hydrogen) atoms. The number of hydrogen-bond acceptors (Lipinski definition) is 2. The van der Waals surface area contributed by atoms with E-state index in [9.17, 15) is 9.59 Å². The molecular formula is C16H19N2O2Y-. The molecule has 3 rings (SSSR count). The topological polar surface area (TPSA) is 60.3 Å². The van der Waals surface area contributed by atoms with E-state index >= 15 is 0 Å². The van der Waals surface area contributed by atoms with E-state index in [0.717, 1.165) is 31.5 Å². The Morgan fingerprint density at radius 1 is 0.952 bits per heavy atom. The smallest absolute Gasteiger partial charge is 0.234 e. The van der Waals surface area contributed by atoms with Crippen LogP contribution < -0.4 is 5.32 Å². The van der Waals surface area contributed by atoms with Crippen molar-refractivity contribution in [2.75, 3.05) is 13.1 Å². The van der Waals surface area contributed by atoms with Crippen molar-refractivity contribution in [3.05, 3.63) is 40.7 Å². The second kappa shape index (κ2) is 7.62. The van der Waals surface area contributed by atoms with Crippen LogP contribution >= 0.6 is 0 Å². The maximum Gasteiger partial charge on any atom is 0.234 e. The van der Waals surface area contributed by atoms with Gasteiger partial charge in [-0.3, -0.25) is 14.9 Å². The molecule has 2 heterocycles. The molecule has 2 aliphatic rings. The summed E-state index contributed by atoms with van der Waals surface area (Å²) < 4.78 is 0. The summed E-state index contributed by atoms with van der Waals surface area (Å²) >= 11 is 0. The SMILES string of the molecule is O=C1CCC(c2ccc(C3CC[N-]CC3)cc2)C(=O)N1.[Y]. The molecule has 109 valence electrons. The molecule has 1 N–H and O–H groups in total. The van der Waals surface area contributed by atoms with Crippen LogP contribution in [0.2, 0.25) is 0 Å². The van der Waals surface area contributed by atoms with Crippen LogP contribution in [0.4, 0.5) is 0 Å². The third-order valence-electron chi connectivity index (χ3n) is 4.32. The number of nitrogens with one attached hydrogen (secondary N) is 1. The number of piperidine rings is 2. The number of hydrogen-bond donors (Lipinski definition) is 1. The Kier molecular flexibility index (Phi) is 6.09. The number of benzene rings is 1. The van der Waals surface area contributed by atoms with Gasteiger partial charge in [-0.2, -0.15) is 0 Å². The molecule has 2 amide bonds. The van der Waals surface area contributed by atoms with Crippen molar-refractivity contribution in [3.8, 4) is 0 Å². The number of carbonyl (C=O) groups excluding carboxylic acids is 2. The molecule has 2 saturated heterocycles. The summed E-state index contributed by atoms with van der Waals surface area (Å²) in [5.74, 6) is 0.103. The summed E-state index contributed by atoms with van der Waals surface area (Å²) in [7, 11) is 0. The summed E-state index contributed by atoms with van der Waals surface area (Å²) in [6.45, 7) is 1.92. The van der Waals surface area contributed by atoms with E-state index in [1.54, 1.807) is 0 Å². The van der Waals surface area contributed by atoms with Gasteiger partial charge in [0.05, 0.1) is 5.92 Å². The van der Waals surface area contributed by atoms with Crippen LogP contribution in [0, 0.1) is 0 Å². The molecule has 2 aliphatic heterocycles. The zero-order valence-corrected chi connectivity index (χ0v) is 14.9. The Balaban J connectivity index is 0.00000161. The summed E-state index contributed by atoms with van der Waals surface area (Å²) in [6, 6.07) is 8.35. The van der Waals surface area contributed by atoms with Crippen LogP contribution in [0.1, 0.15) is 48.6 Å². The quantitative estimate of drug-likeness (QED) is 0.824. The van der Waals surface area contributed by atoms with Gasteiger partial charge in [-0.15, -0.1) is 13.1 Å². The van der Waals surface area contributed by atoms with Crippen LogP contribution in [-0.4, -0.2) is 24.9 Å². The molecule has 0 saturated carbocycles. The fourth-order valence-electron chi connectivity index (χ4n) is 3.10. The minimum atomic E-state index is -0.178. The summed E-state index contributed by atoms with van der Waals surface area (Å²) in [5, 5.41) is 6.79. The first-order chi connectivity index (χ1) is 9.74. The molecule has 0 bridgehead atoms. The van der Waals surface area contributed by atoms with E-state index in [1.807, 2.05) is 12.1 Å². The zero-order chi connectivity index (χ0) is 13.9. The minimum absolute atomic E-state index is 0. The normalized spacial score (nSPS) is 23.3. The third kappa shape index (κ3) is 3.99. The molecule has 0 aromatic heterocycles. The summed E-state index contributed by atoms with van der Waals surface area (Å²) in [4.78, 5) is 23.0. The molecule has 2 fully saturated rings. The molecule has 0 aliphatic carbocycles. The minimum Gasteiger partial charge on any atom is -0.662 e. The molecule has 1 radical (unpaired) electrons. The first kappa shape index (κ1) is 16.8. The van der Waals surface area contributed by atoms with Crippen molar-refractivity contribution in [1.82, 2.24) is 5.32 Å². The molecule has 1 aromatic rings. The van der Waals surface area contributed by atoms with Gasteiger partial charge in [0.2, 0.25) is 11.8 Å². The predicted molar refractivity (Wildman–Crippen MR) is 76.6 cm³/mol. The zero-order valence-electron chi connectivity index (χ0n) is 12.0. The van der Waals surface area contributed by atoms with Gasteiger partial charge in [-0.1, -0.05) is 37.1 Å². The first-order valence-corrected chi connectivity index (χ1v) is 7.31. The van der Waals surface area contributed by atoms with E-state index in [2.05, 4.69) is 22.8 Å². The Morgan fingerprint density at radius 2 is 1.57 bits per heavy atom. The molecule has 5 heteroatoms. The Labute approximate surface area is 150 Å². The predicted octanol–water partition coefficient (Wildman–Crippen LogP) is 2.46. The number of rotatable bonds is 2. The van der Waals surface area contributed by atoms with Crippen LogP contribution in [0.5, 0.6) is 0 Å². The molecule has 1 atom stereocenters. The van der Waals surface area contributed by atoms with Crippen molar-refractivity contribution >= 4 is 11.8 Å². The maximum atomic E-state index is 11.8. The summed E-state index contributed by atoms with van der Waals surface area (Å²) in [6.07, 6.45) is 3.30. The maximum absolute atomic E-state index is 11.8. The first-order valence-electron chi connectivity index (χ1n) is 7.31. The van der Waals surface area contributed by atoms with Crippen molar-refractivity contribution < 1.29 is 42.3 Å². The number of nitrogens with zero attached hydrogens (tertiary/aromatic N) is 1. The average molecular weight is 360 g/mol. The van der Waals surface area contributed by atoms with Gasteiger partial charge < -0.3 is 5.32 Å². The van der Waals surface area contributed by atoms with Gasteiger partial charge in [0.25, 0.3) is 0 Å². The van der Waals surface area contributed by atoms with Gasteiger partial charge in [0.1, 0.15) is 0 Å².